The lowest BCUT2D eigenvalue weighted by Gasteiger charge is -2.26. The molecule has 6 heteroatoms. The van der Waals surface area contributed by atoms with Gasteiger partial charge in [-0.25, -0.2) is 10.0 Å². The minimum atomic E-state index is -0.0200. The summed E-state index contributed by atoms with van der Waals surface area (Å²) in [6.45, 7) is 9.31. The molecule has 0 atom stereocenters. The lowest BCUT2D eigenvalue weighted by atomic mass is 10.1. The highest BCUT2D eigenvalue weighted by molar-refractivity contribution is 5.93. The fraction of sp³-hybridized carbons (Fsp3) is 0.222. The molecule has 1 aliphatic rings. The molecule has 0 spiro atoms. The van der Waals surface area contributed by atoms with Crippen molar-refractivity contribution in [3.8, 4) is 6.07 Å². The van der Waals surface area contributed by atoms with Crippen LogP contribution >= 0.6 is 0 Å². The lowest BCUT2D eigenvalue weighted by molar-refractivity contribution is -0.116. The molecule has 0 saturated heterocycles. The van der Waals surface area contributed by atoms with Crippen LogP contribution in [0.5, 0.6) is 0 Å². The van der Waals surface area contributed by atoms with Crippen molar-refractivity contribution >= 4 is 30.2 Å². The van der Waals surface area contributed by atoms with Crippen LogP contribution in [0.1, 0.15) is 26.3 Å². The van der Waals surface area contributed by atoms with Gasteiger partial charge in [0, 0.05) is 37.7 Å². The fourth-order valence-electron chi connectivity index (χ4n) is 2.51. The molecular weight excluding hydrogens is 302 g/mol. The molecule has 122 valence electrons. The molecule has 24 heavy (non-hydrogen) atoms. The summed E-state index contributed by atoms with van der Waals surface area (Å²) in [5.74, 6) is 0.419. The lowest BCUT2D eigenvalue weighted by Crippen LogP contribution is -2.28. The molecule has 1 aromatic carbocycles. The first-order chi connectivity index (χ1) is 11.5. The van der Waals surface area contributed by atoms with Crippen molar-refractivity contribution in [1.29, 1.82) is 5.26 Å². The number of carbonyl (C=O) groups excluding carboxylic acids is 1. The van der Waals surface area contributed by atoms with Gasteiger partial charge < -0.3 is 4.90 Å². The van der Waals surface area contributed by atoms with Gasteiger partial charge in [-0.15, -0.1) is 0 Å². The van der Waals surface area contributed by atoms with E-state index in [0.29, 0.717) is 17.9 Å². The summed E-state index contributed by atoms with van der Waals surface area (Å²) >= 11 is 0. The van der Waals surface area contributed by atoms with Gasteiger partial charge in [0.15, 0.2) is 5.82 Å². The van der Waals surface area contributed by atoms with E-state index in [2.05, 4.69) is 22.9 Å². The molecule has 0 radical (unpaired) electrons. The van der Waals surface area contributed by atoms with Crippen LogP contribution < -0.4 is 4.90 Å². The number of aliphatic imine (C=N–C) groups is 1. The predicted octanol–water partition coefficient (Wildman–Crippen LogP) is 3.16. The summed E-state index contributed by atoms with van der Waals surface area (Å²) in [7, 11) is 0. The van der Waals surface area contributed by atoms with Gasteiger partial charge in [-0.3, -0.25) is 4.79 Å². The van der Waals surface area contributed by atoms with Crippen molar-refractivity contribution in [2.45, 2.75) is 20.8 Å². The minimum absolute atomic E-state index is 0.0200. The summed E-state index contributed by atoms with van der Waals surface area (Å²) in [6.07, 6.45) is 3.43. The number of hydrazone groups is 1. The molecule has 0 aromatic heterocycles. The van der Waals surface area contributed by atoms with Crippen molar-refractivity contribution in [3.63, 3.8) is 0 Å². The maximum absolute atomic E-state index is 11.8. The van der Waals surface area contributed by atoms with Crippen LogP contribution in [0, 0.1) is 11.3 Å². The molecule has 0 bridgehead atoms. The number of nitriles is 1. The van der Waals surface area contributed by atoms with Gasteiger partial charge in [-0.1, -0.05) is 12.1 Å². The Labute approximate surface area is 141 Å². The summed E-state index contributed by atoms with van der Waals surface area (Å²) in [6, 6.07) is 9.67. The largest absolute Gasteiger partial charge is 0.313 e. The molecule has 0 N–H and O–H groups in total. The molecule has 1 aromatic rings. The van der Waals surface area contributed by atoms with E-state index in [1.54, 1.807) is 24.1 Å². The number of benzene rings is 1. The Morgan fingerprint density at radius 3 is 2.79 bits per heavy atom. The second-order valence-electron chi connectivity index (χ2n) is 5.16. The van der Waals surface area contributed by atoms with Gasteiger partial charge in [0.1, 0.15) is 0 Å². The second-order valence-corrected chi connectivity index (χ2v) is 5.16. The number of rotatable bonds is 4. The highest BCUT2D eigenvalue weighted by atomic mass is 16.2. The minimum Gasteiger partial charge on any atom is -0.313 e. The van der Waals surface area contributed by atoms with Gasteiger partial charge >= 0.3 is 0 Å². The van der Waals surface area contributed by atoms with E-state index in [0.717, 1.165) is 16.9 Å². The van der Waals surface area contributed by atoms with Crippen LogP contribution in [-0.2, 0) is 4.79 Å². The Balaban J connectivity index is 2.50. The summed E-state index contributed by atoms with van der Waals surface area (Å²) < 4.78 is 0. The van der Waals surface area contributed by atoms with E-state index in [1.807, 2.05) is 31.2 Å². The standard InChI is InChI=1S/C18H19N5O/c1-5-22(14(3)24)16-8-6-7-15(11-16)17-9-10-21-18(13(2)12-19)23(17)20-4/h6-11H,4-5H2,1-3H3/b18-13+. The number of hydrogen-bond donors (Lipinski definition) is 0. The van der Waals surface area contributed by atoms with E-state index < -0.39 is 0 Å². The number of nitrogens with zero attached hydrogens (tertiary/aromatic N) is 5. The maximum Gasteiger partial charge on any atom is 0.223 e. The van der Waals surface area contributed by atoms with Gasteiger partial charge in [-0.05, 0) is 32.1 Å². The highest BCUT2D eigenvalue weighted by Crippen LogP contribution is 2.30. The molecule has 0 fully saturated rings. The number of allylic oxidation sites excluding steroid dienone is 2. The number of hydrogen-bond acceptors (Lipinski definition) is 5. The average molecular weight is 321 g/mol. The summed E-state index contributed by atoms with van der Waals surface area (Å²) in [4.78, 5) is 17.7. The molecule has 6 nitrogen and oxygen atoms in total. The monoisotopic (exact) mass is 321 g/mol. The van der Waals surface area contributed by atoms with E-state index in [4.69, 9.17) is 5.26 Å². The van der Waals surface area contributed by atoms with Gasteiger partial charge in [-0.2, -0.15) is 10.4 Å². The van der Waals surface area contributed by atoms with E-state index in [-0.39, 0.29) is 5.91 Å². The van der Waals surface area contributed by atoms with E-state index >= 15 is 0 Å². The molecular formula is C18H19N5O. The van der Waals surface area contributed by atoms with Crippen LogP contribution in [0.25, 0.3) is 5.70 Å². The van der Waals surface area contributed by atoms with Crippen LogP contribution in [0.3, 0.4) is 0 Å². The van der Waals surface area contributed by atoms with Crippen molar-refractivity contribution in [3.05, 3.63) is 47.3 Å². The zero-order valence-corrected chi connectivity index (χ0v) is 14.0. The quantitative estimate of drug-likeness (QED) is 0.631. The number of carbonyl (C=O) groups is 1. The first-order valence-electron chi connectivity index (χ1n) is 7.54. The SMILES string of the molecule is C=NN1C(c2cccc(N(CC)C(C)=O)c2)=CC=N/C1=C(/C)C#N. The Kier molecular flexibility index (Phi) is 5.27. The van der Waals surface area contributed by atoms with Gasteiger partial charge in [0.05, 0.1) is 17.3 Å². The van der Waals surface area contributed by atoms with E-state index in [1.165, 1.54) is 11.9 Å². The maximum atomic E-state index is 11.8. The number of amides is 1. The van der Waals surface area contributed by atoms with Crippen molar-refractivity contribution in [1.82, 2.24) is 5.01 Å². The van der Waals surface area contributed by atoms with E-state index in [9.17, 15) is 4.79 Å². The molecule has 0 saturated carbocycles. The molecule has 1 amide bonds. The third-order valence-corrected chi connectivity index (χ3v) is 3.65. The van der Waals surface area contributed by atoms with Crippen molar-refractivity contribution in [2.75, 3.05) is 11.4 Å². The second kappa shape index (κ2) is 7.38. The number of anilines is 1. The average Bonchev–Trinajstić information content (AvgIpc) is 2.60. The van der Waals surface area contributed by atoms with Crippen LogP contribution in [0.2, 0.25) is 0 Å². The van der Waals surface area contributed by atoms with Gasteiger partial charge in [0.2, 0.25) is 5.91 Å². The summed E-state index contributed by atoms with van der Waals surface area (Å²) in [5.41, 5.74) is 2.84. The Morgan fingerprint density at radius 2 is 2.21 bits per heavy atom. The first kappa shape index (κ1) is 17.2. The zero-order valence-electron chi connectivity index (χ0n) is 14.0. The zero-order chi connectivity index (χ0) is 17.7. The molecule has 0 aliphatic carbocycles. The molecule has 1 aliphatic heterocycles. The van der Waals surface area contributed by atoms with Crippen LogP contribution in [0.4, 0.5) is 5.69 Å². The van der Waals surface area contributed by atoms with Crippen LogP contribution in [0.15, 0.2) is 51.8 Å². The third-order valence-electron chi connectivity index (χ3n) is 3.65. The Bertz CT molecular complexity index is 798. The van der Waals surface area contributed by atoms with Crippen molar-refractivity contribution < 1.29 is 4.79 Å². The fourth-order valence-corrected chi connectivity index (χ4v) is 2.51. The van der Waals surface area contributed by atoms with Gasteiger partial charge in [0.25, 0.3) is 0 Å². The molecule has 1 heterocycles. The molecule has 2 rings (SSSR count). The van der Waals surface area contributed by atoms with Crippen molar-refractivity contribution in [2.24, 2.45) is 10.1 Å². The Hall–Kier alpha value is -3.20. The molecule has 0 unspecified atom stereocenters. The summed E-state index contributed by atoms with van der Waals surface area (Å²) in [5, 5.41) is 14.7. The topological polar surface area (TPSA) is 72.1 Å². The highest BCUT2D eigenvalue weighted by Gasteiger charge is 2.20. The smallest absolute Gasteiger partial charge is 0.223 e. The normalized spacial score (nSPS) is 15.4. The first-order valence-corrected chi connectivity index (χ1v) is 7.54. The van der Waals surface area contributed by atoms with Crippen LogP contribution in [-0.4, -0.2) is 30.4 Å². The third kappa shape index (κ3) is 3.25. The Morgan fingerprint density at radius 1 is 1.46 bits per heavy atom. The predicted molar refractivity (Wildman–Crippen MR) is 96.3 cm³/mol.